The zero-order valence-corrected chi connectivity index (χ0v) is 11.3. The summed E-state index contributed by atoms with van der Waals surface area (Å²) in [6, 6.07) is 5.06. The van der Waals surface area contributed by atoms with E-state index in [9.17, 15) is 14.4 Å². The van der Waals surface area contributed by atoms with Crippen molar-refractivity contribution in [3.63, 3.8) is 0 Å². The molecule has 0 aromatic heterocycles. The molecule has 0 saturated carbocycles. The Labute approximate surface area is 116 Å². The van der Waals surface area contributed by atoms with Crippen LogP contribution in [-0.2, 0) is 4.79 Å². The summed E-state index contributed by atoms with van der Waals surface area (Å²) in [7, 11) is 0. The van der Waals surface area contributed by atoms with Gasteiger partial charge < -0.3 is 11.1 Å². The van der Waals surface area contributed by atoms with Gasteiger partial charge in [0.1, 0.15) is 6.54 Å². The van der Waals surface area contributed by atoms with Crippen molar-refractivity contribution in [1.29, 1.82) is 0 Å². The predicted octanol–water partition coefficient (Wildman–Crippen LogP) is 0.0560. The van der Waals surface area contributed by atoms with E-state index in [0.717, 1.165) is 10.5 Å². The molecular weight excluding hydrogens is 258 g/mol. The van der Waals surface area contributed by atoms with Gasteiger partial charge in [0.25, 0.3) is 11.8 Å². The van der Waals surface area contributed by atoms with Crippen molar-refractivity contribution >= 4 is 17.7 Å². The van der Waals surface area contributed by atoms with Crippen molar-refractivity contribution in [2.45, 2.75) is 13.3 Å². The molecule has 0 radical (unpaired) electrons. The summed E-state index contributed by atoms with van der Waals surface area (Å²) in [5.41, 5.74) is 6.95. The van der Waals surface area contributed by atoms with Gasteiger partial charge in [-0.15, -0.1) is 0 Å². The summed E-state index contributed by atoms with van der Waals surface area (Å²) in [5, 5.41) is 2.62. The lowest BCUT2D eigenvalue weighted by Crippen LogP contribution is -2.40. The number of fused-ring (bicyclic) bond motifs is 1. The molecule has 1 aliphatic rings. The standard InChI is InChI=1S/C14H17N3O3/c1-9-3-4-10-11(7-9)14(20)17(13(10)19)8-12(18)16-6-2-5-15/h3-4,7H,2,5-6,8,15H2,1H3,(H,16,18). The highest BCUT2D eigenvalue weighted by Crippen LogP contribution is 2.23. The lowest BCUT2D eigenvalue weighted by Gasteiger charge is -2.13. The van der Waals surface area contributed by atoms with E-state index in [2.05, 4.69) is 5.32 Å². The summed E-state index contributed by atoms with van der Waals surface area (Å²) in [6.07, 6.45) is 0.660. The lowest BCUT2D eigenvalue weighted by molar-refractivity contribution is -0.121. The zero-order valence-electron chi connectivity index (χ0n) is 11.3. The van der Waals surface area contributed by atoms with Crippen molar-refractivity contribution in [3.8, 4) is 0 Å². The molecule has 2 rings (SSSR count). The van der Waals surface area contributed by atoms with Gasteiger partial charge in [-0.05, 0) is 32.0 Å². The largest absolute Gasteiger partial charge is 0.354 e. The van der Waals surface area contributed by atoms with E-state index in [1.54, 1.807) is 18.2 Å². The van der Waals surface area contributed by atoms with Crippen molar-refractivity contribution in [2.75, 3.05) is 19.6 Å². The smallest absolute Gasteiger partial charge is 0.262 e. The Hall–Kier alpha value is -2.21. The highest BCUT2D eigenvalue weighted by molar-refractivity contribution is 6.22. The molecule has 3 amide bonds. The monoisotopic (exact) mass is 275 g/mol. The lowest BCUT2D eigenvalue weighted by atomic mass is 10.1. The minimum absolute atomic E-state index is 0.254. The third-order valence-electron chi connectivity index (χ3n) is 3.13. The van der Waals surface area contributed by atoms with E-state index in [4.69, 9.17) is 5.73 Å². The van der Waals surface area contributed by atoms with Crippen LogP contribution in [0.15, 0.2) is 18.2 Å². The molecule has 6 nitrogen and oxygen atoms in total. The van der Waals surface area contributed by atoms with Crippen LogP contribution in [0.4, 0.5) is 0 Å². The highest BCUT2D eigenvalue weighted by Gasteiger charge is 2.36. The van der Waals surface area contributed by atoms with Gasteiger partial charge >= 0.3 is 0 Å². The summed E-state index contributed by atoms with van der Waals surface area (Å²) < 4.78 is 0. The molecule has 0 aliphatic carbocycles. The van der Waals surface area contributed by atoms with Crippen LogP contribution in [0.25, 0.3) is 0 Å². The maximum atomic E-state index is 12.1. The van der Waals surface area contributed by atoms with Gasteiger partial charge in [0.15, 0.2) is 0 Å². The molecule has 1 aromatic rings. The molecule has 1 heterocycles. The van der Waals surface area contributed by atoms with E-state index in [1.807, 2.05) is 6.92 Å². The molecule has 1 aliphatic heterocycles. The molecule has 20 heavy (non-hydrogen) atoms. The number of nitrogens with two attached hydrogens (primary N) is 1. The molecular formula is C14H17N3O3. The number of nitrogens with zero attached hydrogens (tertiary/aromatic N) is 1. The van der Waals surface area contributed by atoms with Gasteiger partial charge in [-0.3, -0.25) is 19.3 Å². The molecule has 0 bridgehead atoms. The van der Waals surface area contributed by atoms with E-state index < -0.39 is 11.8 Å². The zero-order chi connectivity index (χ0) is 14.7. The van der Waals surface area contributed by atoms with Crippen LogP contribution in [0.1, 0.15) is 32.7 Å². The number of rotatable bonds is 5. The Morgan fingerprint density at radius 2 is 1.95 bits per heavy atom. The third-order valence-corrected chi connectivity index (χ3v) is 3.13. The molecule has 6 heteroatoms. The minimum atomic E-state index is -0.418. The quantitative estimate of drug-likeness (QED) is 0.587. The Morgan fingerprint density at radius 3 is 2.65 bits per heavy atom. The van der Waals surface area contributed by atoms with E-state index in [0.29, 0.717) is 30.6 Å². The number of hydrogen-bond donors (Lipinski definition) is 2. The van der Waals surface area contributed by atoms with Crippen molar-refractivity contribution in [3.05, 3.63) is 34.9 Å². The van der Waals surface area contributed by atoms with Gasteiger partial charge in [0.2, 0.25) is 5.91 Å². The second-order valence-electron chi connectivity index (χ2n) is 4.74. The molecule has 106 valence electrons. The van der Waals surface area contributed by atoms with Crippen LogP contribution < -0.4 is 11.1 Å². The van der Waals surface area contributed by atoms with Gasteiger partial charge in [-0.1, -0.05) is 11.6 Å². The van der Waals surface area contributed by atoms with Gasteiger partial charge in [0.05, 0.1) is 11.1 Å². The number of nitrogens with one attached hydrogen (secondary N) is 1. The minimum Gasteiger partial charge on any atom is -0.354 e. The average molecular weight is 275 g/mol. The first kappa shape index (κ1) is 14.2. The first-order valence-corrected chi connectivity index (χ1v) is 6.48. The Bertz CT molecular complexity index is 569. The van der Waals surface area contributed by atoms with Crippen LogP contribution in [0.5, 0.6) is 0 Å². The molecule has 3 N–H and O–H groups in total. The first-order valence-electron chi connectivity index (χ1n) is 6.48. The third kappa shape index (κ3) is 2.70. The SMILES string of the molecule is Cc1ccc2c(c1)C(=O)N(CC(=O)NCCCN)C2=O. The molecule has 0 atom stereocenters. The van der Waals surface area contributed by atoms with Crippen LogP contribution in [0.2, 0.25) is 0 Å². The number of aryl methyl sites for hydroxylation is 1. The summed E-state index contributed by atoms with van der Waals surface area (Å²) >= 11 is 0. The van der Waals surface area contributed by atoms with Crippen LogP contribution in [0, 0.1) is 6.92 Å². The molecule has 0 unspecified atom stereocenters. The van der Waals surface area contributed by atoms with Gasteiger partial charge in [-0.2, -0.15) is 0 Å². The molecule has 1 aromatic carbocycles. The number of carbonyl (C=O) groups is 3. The van der Waals surface area contributed by atoms with Crippen molar-refractivity contribution < 1.29 is 14.4 Å². The van der Waals surface area contributed by atoms with Crippen molar-refractivity contribution in [1.82, 2.24) is 10.2 Å². The Balaban J connectivity index is 2.07. The molecule has 0 spiro atoms. The number of hydrogen-bond acceptors (Lipinski definition) is 4. The number of carbonyl (C=O) groups excluding carboxylic acids is 3. The fraction of sp³-hybridized carbons (Fsp3) is 0.357. The highest BCUT2D eigenvalue weighted by atomic mass is 16.2. The van der Waals surface area contributed by atoms with E-state index in [-0.39, 0.29) is 12.5 Å². The fourth-order valence-electron chi connectivity index (χ4n) is 2.08. The van der Waals surface area contributed by atoms with Crippen molar-refractivity contribution in [2.24, 2.45) is 5.73 Å². The maximum Gasteiger partial charge on any atom is 0.262 e. The Morgan fingerprint density at radius 1 is 1.25 bits per heavy atom. The fourth-order valence-corrected chi connectivity index (χ4v) is 2.08. The molecule has 0 saturated heterocycles. The summed E-state index contributed by atoms with van der Waals surface area (Å²) in [4.78, 5) is 36.9. The molecule has 0 fully saturated rings. The Kier molecular flexibility index (Phi) is 4.14. The van der Waals surface area contributed by atoms with E-state index >= 15 is 0 Å². The number of amides is 3. The second-order valence-corrected chi connectivity index (χ2v) is 4.74. The first-order chi connectivity index (χ1) is 9.54. The van der Waals surface area contributed by atoms with Crippen LogP contribution in [0.3, 0.4) is 0 Å². The van der Waals surface area contributed by atoms with E-state index in [1.165, 1.54) is 0 Å². The van der Waals surface area contributed by atoms with Gasteiger partial charge in [0, 0.05) is 6.54 Å². The normalized spacial score (nSPS) is 13.6. The topological polar surface area (TPSA) is 92.5 Å². The predicted molar refractivity (Wildman–Crippen MR) is 73.2 cm³/mol. The summed E-state index contributed by atoms with van der Waals surface area (Å²) in [5.74, 6) is -1.19. The maximum absolute atomic E-state index is 12.1. The number of benzene rings is 1. The average Bonchev–Trinajstić information content (AvgIpc) is 2.64. The summed E-state index contributed by atoms with van der Waals surface area (Å²) in [6.45, 7) is 2.51. The van der Waals surface area contributed by atoms with Gasteiger partial charge in [-0.25, -0.2) is 0 Å². The van der Waals surface area contributed by atoms with Crippen LogP contribution in [-0.4, -0.2) is 42.3 Å². The second kappa shape index (κ2) is 5.83. The van der Waals surface area contributed by atoms with Crippen LogP contribution >= 0.6 is 0 Å². The number of imide groups is 1.